The summed E-state index contributed by atoms with van der Waals surface area (Å²) in [5.74, 6) is -0.0388. The molecule has 1 atom stereocenters. The molecule has 0 unspecified atom stereocenters. The summed E-state index contributed by atoms with van der Waals surface area (Å²) in [4.78, 5) is 15.3. The fraction of sp³-hybridized carbons (Fsp3) is 0.545. The lowest BCUT2D eigenvalue weighted by molar-refractivity contribution is 0.0924. The number of benzene rings is 1. The van der Waals surface area contributed by atoms with Crippen LogP contribution < -0.4 is 5.32 Å². The number of carbonyl (C=O) groups is 1. The zero-order valence-electron chi connectivity index (χ0n) is 16.7. The Hall–Kier alpha value is -2.14. The average Bonchev–Trinajstić information content (AvgIpc) is 2.87. The van der Waals surface area contributed by atoms with Crippen molar-refractivity contribution in [3.8, 4) is 0 Å². The van der Waals surface area contributed by atoms with Crippen LogP contribution in [0.3, 0.4) is 0 Å². The van der Waals surface area contributed by atoms with E-state index >= 15 is 0 Å². The summed E-state index contributed by atoms with van der Waals surface area (Å²) in [6.45, 7) is 4.95. The number of carbonyl (C=O) groups excluding carboxylic acids is 1. The van der Waals surface area contributed by atoms with Gasteiger partial charge >= 0.3 is 0 Å². The van der Waals surface area contributed by atoms with Crippen molar-refractivity contribution in [3.05, 3.63) is 53.3 Å². The molecule has 27 heavy (non-hydrogen) atoms. The molecule has 0 saturated carbocycles. The van der Waals surface area contributed by atoms with E-state index in [2.05, 4.69) is 46.5 Å². The highest BCUT2D eigenvalue weighted by atomic mass is 16.2. The Kier molecular flexibility index (Phi) is 7.04. The Labute approximate surface area is 162 Å². The molecule has 1 N–H and O–H groups in total. The first-order valence-corrected chi connectivity index (χ1v) is 10.3. The second kappa shape index (κ2) is 9.70. The van der Waals surface area contributed by atoms with Gasteiger partial charge < -0.3 is 5.32 Å². The monoisotopic (exact) mass is 368 g/mol. The van der Waals surface area contributed by atoms with Gasteiger partial charge in [0.15, 0.2) is 0 Å². The molecular weight excluding hydrogens is 336 g/mol. The van der Waals surface area contributed by atoms with E-state index in [1.807, 2.05) is 19.2 Å². The van der Waals surface area contributed by atoms with Gasteiger partial charge in [-0.25, -0.2) is 0 Å². The smallest absolute Gasteiger partial charge is 0.269 e. The number of nitrogens with zero attached hydrogens (tertiary/aromatic N) is 3. The van der Waals surface area contributed by atoms with Gasteiger partial charge in [0.1, 0.15) is 5.69 Å². The molecule has 0 bridgehead atoms. The second-order valence-corrected chi connectivity index (χ2v) is 7.48. The quantitative estimate of drug-likeness (QED) is 0.810. The van der Waals surface area contributed by atoms with Crippen LogP contribution in [0.2, 0.25) is 0 Å². The van der Waals surface area contributed by atoms with Crippen molar-refractivity contribution >= 4 is 5.91 Å². The van der Waals surface area contributed by atoms with Crippen molar-refractivity contribution in [2.75, 3.05) is 19.6 Å². The Balaban J connectivity index is 1.71. The van der Waals surface area contributed by atoms with Crippen LogP contribution in [-0.4, -0.2) is 40.2 Å². The van der Waals surface area contributed by atoms with Gasteiger partial charge in [-0.2, -0.15) is 5.10 Å². The molecule has 5 nitrogen and oxygen atoms in total. The Bertz CT molecular complexity index is 717. The molecule has 1 aromatic carbocycles. The maximum atomic E-state index is 12.8. The summed E-state index contributed by atoms with van der Waals surface area (Å²) < 4.78 is 1.70. The molecule has 1 saturated heterocycles. The first-order chi connectivity index (χ1) is 13.2. The maximum absolute atomic E-state index is 12.8. The van der Waals surface area contributed by atoms with Gasteiger partial charge in [0.25, 0.3) is 5.91 Å². The summed E-state index contributed by atoms with van der Waals surface area (Å²) in [6, 6.07) is 12.7. The largest absolute Gasteiger partial charge is 0.349 e. The molecule has 0 radical (unpaired) electrons. The maximum Gasteiger partial charge on any atom is 0.269 e. The van der Waals surface area contributed by atoms with Crippen LogP contribution in [0.5, 0.6) is 0 Å². The number of hydrogen-bond donors (Lipinski definition) is 1. The minimum absolute atomic E-state index is 0.0388. The minimum Gasteiger partial charge on any atom is -0.349 e. The summed E-state index contributed by atoms with van der Waals surface area (Å²) in [7, 11) is 1.84. The number of aryl methyl sites for hydroxylation is 2. The molecular formula is C22H32N4O. The molecule has 2 heterocycles. The summed E-state index contributed by atoms with van der Waals surface area (Å²) in [6.07, 6.45) is 7.02. The van der Waals surface area contributed by atoms with Gasteiger partial charge in [0, 0.05) is 13.6 Å². The first-order valence-electron chi connectivity index (χ1n) is 10.3. The molecule has 0 spiro atoms. The lowest BCUT2D eigenvalue weighted by Gasteiger charge is -2.31. The predicted octanol–water partition coefficient (Wildman–Crippen LogP) is 3.72. The third-order valence-electron chi connectivity index (χ3n) is 5.39. The number of likely N-dealkylation sites (tertiary alicyclic amines) is 1. The summed E-state index contributed by atoms with van der Waals surface area (Å²) >= 11 is 0. The highest BCUT2D eigenvalue weighted by molar-refractivity contribution is 5.92. The topological polar surface area (TPSA) is 50.2 Å². The van der Waals surface area contributed by atoms with E-state index in [4.69, 9.17) is 0 Å². The zero-order chi connectivity index (χ0) is 19.1. The summed E-state index contributed by atoms with van der Waals surface area (Å²) in [5, 5.41) is 7.62. The van der Waals surface area contributed by atoms with Gasteiger partial charge in [-0.1, -0.05) is 56.5 Å². The van der Waals surface area contributed by atoms with Crippen LogP contribution in [0.1, 0.15) is 66.8 Å². The minimum atomic E-state index is -0.0388. The third-order valence-corrected chi connectivity index (χ3v) is 5.39. The van der Waals surface area contributed by atoms with Crippen molar-refractivity contribution in [1.82, 2.24) is 20.0 Å². The van der Waals surface area contributed by atoms with Crippen molar-refractivity contribution in [1.29, 1.82) is 0 Å². The van der Waals surface area contributed by atoms with Gasteiger partial charge in [-0.3, -0.25) is 14.4 Å². The predicted molar refractivity (Wildman–Crippen MR) is 109 cm³/mol. The van der Waals surface area contributed by atoms with Gasteiger partial charge in [0.05, 0.1) is 11.7 Å². The first kappa shape index (κ1) is 19.6. The normalized spacial score (nSPS) is 16.7. The number of aromatic nitrogens is 2. The van der Waals surface area contributed by atoms with Crippen LogP contribution in [-0.2, 0) is 13.5 Å². The molecule has 1 aliphatic rings. The van der Waals surface area contributed by atoms with E-state index in [-0.39, 0.29) is 11.9 Å². The van der Waals surface area contributed by atoms with Gasteiger partial charge in [-0.05, 0) is 44.0 Å². The van der Waals surface area contributed by atoms with E-state index in [1.54, 1.807) is 4.68 Å². The van der Waals surface area contributed by atoms with Crippen LogP contribution >= 0.6 is 0 Å². The fourth-order valence-corrected chi connectivity index (χ4v) is 3.94. The van der Waals surface area contributed by atoms with Crippen LogP contribution in [0.15, 0.2) is 36.4 Å². The van der Waals surface area contributed by atoms with Gasteiger partial charge in [0.2, 0.25) is 0 Å². The van der Waals surface area contributed by atoms with Crippen molar-refractivity contribution in [2.24, 2.45) is 7.05 Å². The zero-order valence-corrected chi connectivity index (χ0v) is 16.7. The SMILES string of the molecule is CCCc1cc(C(=O)NC[C@@H](c2ccccc2)N2CCCCCC2)n(C)n1. The van der Waals surface area contributed by atoms with Crippen LogP contribution in [0.4, 0.5) is 0 Å². The fourth-order valence-electron chi connectivity index (χ4n) is 3.94. The average molecular weight is 369 g/mol. The number of nitrogens with one attached hydrogen (secondary N) is 1. The molecule has 1 amide bonds. The molecule has 3 rings (SSSR count). The van der Waals surface area contributed by atoms with E-state index in [1.165, 1.54) is 31.2 Å². The highest BCUT2D eigenvalue weighted by Gasteiger charge is 2.23. The molecule has 0 aliphatic carbocycles. The summed E-state index contributed by atoms with van der Waals surface area (Å²) in [5.41, 5.74) is 2.90. The van der Waals surface area contributed by atoms with E-state index < -0.39 is 0 Å². The highest BCUT2D eigenvalue weighted by Crippen LogP contribution is 2.23. The Morgan fingerprint density at radius 2 is 1.85 bits per heavy atom. The van der Waals surface area contributed by atoms with E-state index in [0.717, 1.165) is 31.6 Å². The second-order valence-electron chi connectivity index (χ2n) is 7.48. The van der Waals surface area contributed by atoms with Gasteiger partial charge in [-0.15, -0.1) is 0 Å². The van der Waals surface area contributed by atoms with Crippen molar-refractivity contribution < 1.29 is 4.79 Å². The lowest BCUT2D eigenvalue weighted by atomic mass is 10.0. The Morgan fingerprint density at radius 1 is 1.15 bits per heavy atom. The molecule has 146 valence electrons. The van der Waals surface area contributed by atoms with E-state index in [0.29, 0.717) is 12.2 Å². The third kappa shape index (κ3) is 5.19. The van der Waals surface area contributed by atoms with Crippen molar-refractivity contribution in [2.45, 2.75) is 51.5 Å². The molecule has 5 heteroatoms. The Morgan fingerprint density at radius 3 is 2.52 bits per heavy atom. The van der Waals surface area contributed by atoms with E-state index in [9.17, 15) is 4.79 Å². The number of amides is 1. The molecule has 2 aromatic rings. The molecule has 1 fully saturated rings. The van der Waals surface area contributed by atoms with Crippen LogP contribution in [0.25, 0.3) is 0 Å². The van der Waals surface area contributed by atoms with Crippen molar-refractivity contribution in [3.63, 3.8) is 0 Å². The van der Waals surface area contributed by atoms with Crippen LogP contribution in [0, 0.1) is 0 Å². The standard InChI is InChI=1S/C22H32N4O/c1-3-11-19-16-20(25(2)24-19)22(27)23-17-21(18-12-7-6-8-13-18)26-14-9-4-5-10-15-26/h6-8,12-13,16,21H,3-5,9-11,14-15,17H2,1-2H3,(H,23,27)/t21-/m0/s1. The molecule has 1 aliphatic heterocycles. The molecule has 1 aromatic heterocycles. The number of rotatable bonds is 7. The number of hydrogen-bond acceptors (Lipinski definition) is 3. The lowest BCUT2D eigenvalue weighted by Crippen LogP contribution is -2.39.